The van der Waals surface area contributed by atoms with E-state index < -0.39 is 16.2 Å². The topological polar surface area (TPSA) is 86.7 Å². The van der Waals surface area contributed by atoms with Gasteiger partial charge in [0, 0.05) is 26.1 Å². The Labute approximate surface area is 96.8 Å². The van der Waals surface area contributed by atoms with Crippen molar-refractivity contribution in [2.45, 2.75) is 33.1 Å². The Bertz CT molecular complexity index is 299. The van der Waals surface area contributed by atoms with Gasteiger partial charge in [0.05, 0.1) is 0 Å². The number of aliphatic carboxylic acids is 1. The second kappa shape index (κ2) is 7.59. The molecule has 6 nitrogen and oxygen atoms in total. The highest BCUT2D eigenvalue weighted by molar-refractivity contribution is 7.87. The maximum absolute atomic E-state index is 11.6. The molecule has 0 heterocycles. The standard InChI is InChI=1S/C9H20N2O4S/c1-3-11(4-2)16(14,15)10-8-6-5-7-9(12)13/h10H,3-8H2,1-2H3,(H,12,13). The molecule has 0 bridgehead atoms. The minimum Gasteiger partial charge on any atom is -0.481 e. The van der Waals surface area contributed by atoms with Crippen LogP contribution >= 0.6 is 0 Å². The lowest BCUT2D eigenvalue weighted by Crippen LogP contribution is -2.40. The maximum atomic E-state index is 11.6. The summed E-state index contributed by atoms with van der Waals surface area (Å²) in [4.78, 5) is 10.2. The maximum Gasteiger partial charge on any atom is 0.303 e. The van der Waals surface area contributed by atoms with Crippen molar-refractivity contribution in [1.82, 2.24) is 9.03 Å². The lowest BCUT2D eigenvalue weighted by atomic mass is 10.2. The molecule has 0 aliphatic rings. The van der Waals surface area contributed by atoms with E-state index in [2.05, 4.69) is 4.72 Å². The van der Waals surface area contributed by atoms with Gasteiger partial charge in [-0.2, -0.15) is 12.7 Å². The van der Waals surface area contributed by atoms with Gasteiger partial charge in [-0.25, -0.2) is 4.72 Å². The van der Waals surface area contributed by atoms with Gasteiger partial charge < -0.3 is 5.11 Å². The van der Waals surface area contributed by atoms with Gasteiger partial charge in [-0.3, -0.25) is 4.79 Å². The van der Waals surface area contributed by atoms with Crippen LogP contribution in [0.2, 0.25) is 0 Å². The molecule has 7 heteroatoms. The molecule has 0 saturated heterocycles. The van der Waals surface area contributed by atoms with Gasteiger partial charge >= 0.3 is 5.97 Å². The number of nitrogens with one attached hydrogen (secondary N) is 1. The highest BCUT2D eigenvalue weighted by Crippen LogP contribution is 1.98. The fourth-order valence-electron chi connectivity index (χ4n) is 1.26. The Morgan fingerprint density at radius 3 is 2.25 bits per heavy atom. The van der Waals surface area contributed by atoms with E-state index in [1.165, 1.54) is 4.31 Å². The summed E-state index contributed by atoms with van der Waals surface area (Å²) in [7, 11) is -3.39. The van der Waals surface area contributed by atoms with Crippen molar-refractivity contribution < 1.29 is 18.3 Å². The third-order valence-corrected chi connectivity index (χ3v) is 3.91. The van der Waals surface area contributed by atoms with Crippen molar-refractivity contribution in [3.63, 3.8) is 0 Å². The Morgan fingerprint density at radius 1 is 1.25 bits per heavy atom. The molecular formula is C9H20N2O4S. The first kappa shape index (κ1) is 15.3. The van der Waals surface area contributed by atoms with Crippen LogP contribution in [0.3, 0.4) is 0 Å². The minimum absolute atomic E-state index is 0.0764. The molecule has 96 valence electrons. The lowest BCUT2D eigenvalue weighted by Gasteiger charge is -2.18. The molecule has 0 spiro atoms. The van der Waals surface area contributed by atoms with Crippen LogP contribution in [0, 0.1) is 0 Å². The van der Waals surface area contributed by atoms with E-state index in [0.717, 1.165) is 0 Å². The lowest BCUT2D eigenvalue weighted by molar-refractivity contribution is -0.137. The highest BCUT2D eigenvalue weighted by Gasteiger charge is 2.16. The molecule has 0 aromatic carbocycles. The first-order chi connectivity index (χ1) is 7.44. The first-order valence-corrected chi connectivity index (χ1v) is 6.84. The van der Waals surface area contributed by atoms with Crippen LogP contribution in [0.1, 0.15) is 33.1 Å². The van der Waals surface area contributed by atoms with Crippen molar-refractivity contribution in [2.75, 3.05) is 19.6 Å². The van der Waals surface area contributed by atoms with Crippen molar-refractivity contribution >= 4 is 16.2 Å². The zero-order valence-electron chi connectivity index (χ0n) is 9.77. The smallest absolute Gasteiger partial charge is 0.303 e. The van der Waals surface area contributed by atoms with E-state index in [4.69, 9.17) is 5.11 Å². The second-order valence-electron chi connectivity index (χ2n) is 3.33. The summed E-state index contributed by atoms with van der Waals surface area (Å²) in [5.74, 6) is -0.855. The number of unbranched alkanes of at least 4 members (excludes halogenated alkanes) is 1. The first-order valence-electron chi connectivity index (χ1n) is 5.40. The summed E-state index contributed by atoms with van der Waals surface area (Å²) in [6, 6.07) is 0. The Balaban J connectivity index is 3.87. The van der Waals surface area contributed by atoms with Crippen LogP contribution in [0.15, 0.2) is 0 Å². The normalized spacial score (nSPS) is 11.9. The predicted octanol–water partition coefficient (Wildman–Crippen LogP) is 0.418. The molecule has 0 unspecified atom stereocenters. The quantitative estimate of drug-likeness (QED) is 0.582. The Kier molecular flexibility index (Phi) is 7.27. The zero-order valence-corrected chi connectivity index (χ0v) is 10.6. The van der Waals surface area contributed by atoms with E-state index in [0.29, 0.717) is 25.9 Å². The largest absolute Gasteiger partial charge is 0.481 e. The number of hydrogen-bond acceptors (Lipinski definition) is 3. The van der Waals surface area contributed by atoms with Crippen LogP contribution in [0.4, 0.5) is 0 Å². The van der Waals surface area contributed by atoms with Crippen LogP contribution in [-0.2, 0) is 15.0 Å². The fourth-order valence-corrected chi connectivity index (χ4v) is 2.52. The van der Waals surface area contributed by atoms with Gasteiger partial charge in [0.25, 0.3) is 10.2 Å². The summed E-state index contributed by atoms with van der Waals surface area (Å²) in [5, 5.41) is 8.39. The molecule has 0 radical (unpaired) electrons. The highest BCUT2D eigenvalue weighted by atomic mass is 32.2. The van der Waals surface area contributed by atoms with Crippen molar-refractivity contribution in [3.05, 3.63) is 0 Å². The Hall–Kier alpha value is -0.660. The minimum atomic E-state index is -3.39. The van der Waals surface area contributed by atoms with Crippen LogP contribution in [0.25, 0.3) is 0 Å². The third kappa shape index (κ3) is 6.04. The number of carboxylic acids is 1. The van der Waals surface area contributed by atoms with E-state index in [1.807, 2.05) is 0 Å². The molecule has 0 aromatic rings. The van der Waals surface area contributed by atoms with E-state index in [-0.39, 0.29) is 13.0 Å². The summed E-state index contributed by atoms with van der Waals surface area (Å²) in [5.41, 5.74) is 0. The molecule has 16 heavy (non-hydrogen) atoms. The summed E-state index contributed by atoms with van der Waals surface area (Å²) in [6.07, 6.45) is 1.09. The summed E-state index contributed by atoms with van der Waals surface area (Å²) >= 11 is 0. The van der Waals surface area contributed by atoms with Crippen molar-refractivity contribution in [3.8, 4) is 0 Å². The van der Waals surface area contributed by atoms with Crippen molar-refractivity contribution in [1.29, 1.82) is 0 Å². The average Bonchev–Trinajstić information content (AvgIpc) is 2.17. The van der Waals surface area contributed by atoms with Gasteiger partial charge in [-0.15, -0.1) is 0 Å². The van der Waals surface area contributed by atoms with E-state index in [1.54, 1.807) is 13.8 Å². The molecule has 2 N–H and O–H groups in total. The molecule has 0 saturated carbocycles. The SMILES string of the molecule is CCN(CC)S(=O)(=O)NCCCCC(=O)O. The monoisotopic (exact) mass is 252 g/mol. The predicted molar refractivity (Wildman–Crippen MR) is 61.3 cm³/mol. The van der Waals surface area contributed by atoms with Crippen LogP contribution in [0.5, 0.6) is 0 Å². The molecule has 0 aliphatic carbocycles. The van der Waals surface area contributed by atoms with Crippen molar-refractivity contribution in [2.24, 2.45) is 0 Å². The van der Waals surface area contributed by atoms with Crippen LogP contribution in [-0.4, -0.2) is 43.4 Å². The second-order valence-corrected chi connectivity index (χ2v) is 5.09. The molecule has 0 rings (SSSR count). The number of carbonyl (C=O) groups is 1. The van der Waals surface area contributed by atoms with Gasteiger partial charge in [-0.05, 0) is 12.8 Å². The molecule has 0 aromatic heterocycles. The number of nitrogens with zero attached hydrogens (tertiary/aromatic N) is 1. The average molecular weight is 252 g/mol. The zero-order chi connectivity index (χ0) is 12.6. The Morgan fingerprint density at radius 2 is 1.81 bits per heavy atom. The van der Waals surface area contributed by atoms with Gasteiger partial charge in [0.15, 0.2) is 0 Å². The molecule has 0 atom stereocenters. The van der Waals surface area contributed by atoms with Gasteiger partial charge in [0.1, 0.15) is 0 Å². The molecule has 0 aliphatic heterocycles. The number of hydrogen-bond donors (Lipinski definition) is 2. The molecule has 0 fully saturated rings. The van der Waals surface area contributed by atoms with E-state index >= 15 is 0 Å². The number of rotatable bonds is 9. The van der Waals surface area contributed by atoms with E-state index in [9.17, 15) is 13.2 Å². The van der Waals surface area contributed by atoms with Gasteiger partial charge in [-0.1, -0.05) is 13.8 Å². The van der Waals surface area contributed by atoms with Gasteiger partial charge in [0.2, 0.25) is 0 Å². The summed E-state index contributed by atoms with van der Waals surface area (Å²) in [6.45, 7) is 4.69. The molecule has 0 amide bonds. The fraction of sp³-hybridized carbons (Fsp3) is 0.889. The summed E-state index contributed by atoms with van der Waals surface area (Å²) < 4.78 is 26.9. The third-order valence-electron chi connectivity index (χ3n) is 2.15. The molecular weight excluding hydrogens is 232 g/mol. The number of carboxylic acid groups (broad SMARTS) is 1. The van der Waals surface area contributed by atoms with Crippen LogP contribution < -0.4 is 4.72 Å².